The van der Waals surface area contributed by atoms with E-state index in [1.54, 1.807) is 6.92 Å². The Labute approximate surface area is 104 Å². The number of ether oxygens (including phenoxy) is 1. The Kier molecular flexibility index (Phi) is 8.46. The number of hydrogen-bond donors (Lipinski definition) is 1. The number of hydrogen-bond acceptors (Lipinski definition) is 3. The molecule has 1 N–H and O–H groups in total. The Morgan fingerprint density at radius 1 is 1.18 bits per heavy atom. The van der Waals surface area contributed by atoms with Crippen LogP contribution in [0.4, 0.5) is 0 Å². The molecule has 0 heterocycles. The lowest BCUT2D eigenvalue weighted by Gasteiger charge is -2.15. The lowest BCUT2D eigenvalue weighted by Crippen LogP contribution is -2.41. The predicted molar refractivity (Wildman–Crippen MR) is 67.5 cm³/mol. The van der Waals surface area contributed by atoms with Gasteiger partial charge in [-0.2, -0.15) is 0 Å². The summed E-state index contributed by atoms with van der Waals surface area (Å²) in [6, 6.07) is -0.564. The highest BCUT2D eigenvalue weighted by atomic mass is 16.5. The molecule has 1 amide bonds. The summed E-state index contributed by atoms with van der Waals surface area (Å²) in [7, 11) is 1.32. The summed E-state index contributed by atoms with van der Waals surface area (Å²) < 4.78 is 4.55. The van der Waals surface area contributed by atoms with E-state index in [1.807, 2.05) is 6.92 Å². The van der Waals surface area contributed by atoms with Crippen LogP contribution in [0.3, 0.4) is 0 Å². The zero-order valence-corrected chi connectivity index (χ0v) is 11.4. The Morgan fingerprint density at radius 3 is 2.35 bits per heavy atom. The lowest BCUT2D eigenvalue weighted by molar-refractivity contribution is -0.145. The Bertz CT molecular complexity index is 241. The van der Waals surface area contributed by atoms with Crippen LogP contribution in [0, 0.1) is 5.92 Å². The molecule has 2 atom stereocenters. The van der Waals surface area contributed by atoms with Gasteiger partial charge in [0.2, 0.25) is 5.91 Å². The number of nitrogens with one attached hydrogen (secondary N) is 1. The van der Waals surface area contributed by atoms with Crippen molar-refractivity contribution in [2.45, 2.75) is 58.9 Å². The number of unbranched alkanes of at least 4 members (excludes halogenated alkanes) is 3. The lowest BCUT2D eigenvalue weighted by atomic mass is 10.0. The van der Waals surface area contributed by atoms with Crippen molar-refractivity contribution in [2.75, 3.05) is 7.11 Å². The minimum atomic E-state index is -0.564. The first-order valence-electron chi connectivity index (χ1n) is 6.41. The van der Waals surface area contributed by atoms with E-state index in [1.165, 1.54) is 26.4 Å². The zero-order chi connectivity index (χ0) is 13.3. The largest absolute Gasteiger partial charge is 0.467 e. The standard InChI is InChI=1S/C13H25NO3/c1-5-6-7-8-9-10(2)12(15)14-11(3)13(16)17-4/h10-11H,5-9H2,1-4H3,(H,14,15). The molecule has 0 saturated heterocycles. The van der Waals surface area contributed by atoms with Gasteiger partial charge in [-0.15, -0.1) is 0 Å². The molecule has 0 aromatic carbocycles. The fraction of sp³-hybridized carbons (Fsp3) is 0.846. The van der Waals surface area contributed by atoms with Gasteiger partial charge >= 0.3 is 5.97 Å². The third-order valence-electron chi connectivity index (χ3n) is 2.85. The van der Waals surface area contributed by atoms with E-state index in [2.05, 4.69) is 17.0 Å². The van der Waals surface area contributed by atoms with E-state index >= 15 is 0 Å². The molecule has 0 saturated carbocycles. The Hall–Kier alpha value is -1.06. The minimum absolute atomic E-state index is 0.0426. The average Bonchev–Trinajstić information content (AvgIpc) is 2.32. The SMILES string of the molecule is CCCCCCC(C)C(=O)NC(C)C(=O)OC. The van der Waals surface area contributed by atoms with Crippen LogP contribution in [-0.2, 0) is 14.3 Å². The van der Waals surface area contributed by atoms with Gasteiger partial charge in [-0.3, -0.25) is 4.79 Å². The molecule has 0 aromatic heterocycles. The van der Waals surface area contributed by atoms with Gasteiger partial charge in [-0.25, -0.2) is 4.79 Å². The molecule has 0 bridgehead atoms. The summed E-state index contributed by atoms with van der Waals surface area (Å²) in [6.45, 7) is 5.69. The summed E-state index contributed by atoms with van der Waals surface area (Å²) in [5, 5.41) is 2.66. The average molecular weight is 243 g/mol. The normalized spacial score (nSPS) is 13.9. The molecule has 0 aliphatic rings. The first-order valence-corrected chi connectivity index (χ1v) is 6.41. The molecule has 0 rings (SSSR count). The summed E-state index contributed by atoms with van der Waals surface area (Å²) in [5.74, 6) is -0.519. The van der Waals surface area contributed by atoms with Crippen LogP contribution in [0.1, 0.15) is 52.9 Å². The highest BCUT2D eigenvalue weighted by molar-refractivity contribution is 5.85. The summed E-state index contributed by atoms with van der Waals surface area (Å²) in [5.41, 5.74) is 0. The van der Waals surface area contributed by atoms with Crippen molar-refractivity contribution < 1.29 is 14.3 Å². The minimum Gasteiger partial charge on any atom is -0.467 e. The third kappa shape index (κ3) is 6.97. The molecule has 4 nitrogen and oxygen atoms in total. The van der Waals surface area contributed by atoms with Crippen molar-refractivity contribution in [2.24, 2.45) is 5.92 Å². The highest BCUT2D eigenvalue weighted by Gasteiger charge is 2.19. The van der Waals surface area contributed by atoms with E-state index in [9.17, 15) is 9.59 Å². The van der Waals surface area contributed by atoms with E-state index < -0.39 is 12.0 Å². The number of esters is 1. The molecule has 0 aliphatic carbocycles. The summed E-state index contributed by atoms with van der Waals surface area (Å²) >= 11 is 0. The second-order valence-corrected chi connectivity index (χ2v) is 4.50. The van der Waals surface area contributed by atoms with Crippen LogP contribution >= 0.6 is 0 Å². The van der Waals surface area contributed by atoms with Crippen LogP contribution in [0.15, 0.2) is 0 Å². The Balaban J connectivity index is 3.85. The van der Waals surface area contributed by atoms with E-state index in [-0.39, 0.29) is 11.8 Å². The van der Waals surface area contributed by atoms with Crippen LogP contribution in [-0.4, -0.2) is 25.0 Å². The fourth-order valence-corrected chi connectivity index (χ4v) is 1.60. The van der Waals surface area contributed by atoms with Gasteiger partial charge in [0.05, 0.1) is 7.11 Å². The van der Waals surface area contributed by atoms with Gasteiger partial charge in [0.25, 0.3) is 0 Å². The van der Waals surface area contributed by atoms with Gasteiger partial charge in [0.1, 0.15) is 6.04 Å². The number of carbonyl (C=O) groups is 2. The highest BCUT2D eigenvalue weighted by Crippen LogP contribution is 2.10. The molecule has 17 heavy (non-hydrogen) atoms. The van der Waals surface area contributed by atoms with Crippen LogP contribution in [0.25, 0.3) is 0 Å². The quantitative estimate of drug-likeness (QED) is 0.525. The maximum absolute atomic E-state index is 11.7. The second kappa shape index (κ2) is 9.02. The predicted octanol–water partition coefficient (Wildman–Crippen LogP) is 2.27. The molecule has 100 valence electrons. The van der Waals surface area contributed by atoms with Crippen LogP contribution in [0.2, 0.25) is 0 Å². The first kappa shape index (κ1) is 15.9. The molecule has 0 aliphatic heterocycles. The smallest absolute Gasteiger partial charge is 0.328 e. The van der Waals surface area contributed by atoms with Gasteiger partial charge < -0.3 is 10.1 Å². The topological polar surface area (TPSA) is 55.4 Å². The van der Waals surface area contributed by atoms with E-state index in [4.69, 9.17) is 0 Å². The van der Waals surface area contributed by atoms with Gasteiger partial charge in [-0.05, 0) is 13.3 Å². The molecule has 4 heteroatoms. The molecule has 0 aromatic rings. The number of amides is 1. The Morgan fingerprint density at radius 2 is 1.82 bits per heavy atom. The summed E-state index contributed by atoms with van der Waals surface area (Å²) in [6.07, 6.45) is 5.52. The van der Waals surface area contributed by atoms with Crippen molar-refractivity contribution in [1.82, 2.24) is 5.32 Å². The van der Waals surface area contributed by atoms with E-state index in [0.717, 1.165) is 12.8 Å². The monoisotopic (exact) mass is 243 g/mol. The fourth-order valence-electron chi connectivity index (χ4n) is 1.60. The molecule has 0 radical (unpaired) electrons. The van der Waals surface area contributed by atoms with Gasteiger partial charge in [0.15, 0.2) is 0 Å². The van der Waals surface area contributed by atoms with Crippen molar-refractivity contribution in [3.05, 3.63) is 0 Å². The number of methoxy groups -OCH3 is 1. The molecule has 2 unspecified atom stereocenters. The van der Waals surface area contributed by atoms with Crippen LogP contribution < -0.4 is 5.32 Å². The molecular weight excluding hydrogens is 218 g/mol. The molecule has 0 spiro atoms. The van der Waals surface area contributed by atoms with Crippen molar-refractivity contribution in [3.8, 4) is 0 Å². The van der Waals surface area contributed by atoms with Crippen LogP contribution in [0.5, 0.6) is 0 Å². The second-order valence-electron chi connectivity index (χ2n) is 4.50. The first-order chi connectivity index (χ1) is 8.02. The summed E-state index contributed by atoms with van der Waals surface area (Å²) in [4.78, 5) is 22.9. The van der Waals surface area contributed by atoms with E-state index in [0.29, 0.717) is 0 Å². The maximum atomic E-state index is 11.7. The molecular formula is C13H25NO3. The number of rotatable bonds is 8. The number of carbonyl (C=O) groups excluding carboxylic acids is 2. The maximum Gasteiger partial charge on any atom is 0.328 e. The third-order valence-corrected chi connectivity index (χ3v) is 2.85. The van der Waals surface area contributed by atoms with Gasteiger partial charge in [0, 0.05) is 5.92 Å². The van der Waals surface area contributed by atoms with Crippen molar-refractivity contribution in [1.29, 1.82) is 0 Å². The van der Waals surface area contributed by atoms with Crippen molar-refractivity contribution >= 4 is 11.9 Å². The van der Waals surface area contributed by atoms with Crippen molar-refractivity contribution in [3.63, 3.8) is 0 Å². The van der Waals surface area contributed by atoms with Gasteiger partial charge in [-0.1, -0.05) is 39.5 Å². The molecule has 0 fully saturated rings. The zero-order valence-electron chi connectivity index (χ0n) is 11.4.